The van der Waals surface area contributed by atoms with Crippen LogP contribution in [0.25, 0.3) is 11.0 Å². The van der Waals surface area contributed by atoms with Gasteiger partial charge in [-0.1, -0.05) is 16.9 Å². The van der Waals surface area contributed by atoms with Gasteiger partial charge in [0, 0.05) is 25.8 Å². The molecule has 3 heterocycles. The number of aryl methyl sites for hydroxylation is 2. The van der Waals surface area contributed by atoms with Crippen molar-refractivity contribution in [3.8, 4) is 0 Å². The monoisotopic (exact) mass is 419 g/mol. The lowest BCUT2D eigenvalue weighted by molar-refractivity contribution is -0.120. The second-order valence-electron chi connectivity index (χ2n) is 6.41. The fourth-order valence-corrected chi connectivity index (χ4v) is 3.24. The summed E-state index contributed by atoms with van der Waals surface area (Å²) < 4.78 is 12.0. The van der Waals surface area contributed by atoms with E-state index >= 15 is 0 Å². The minimum atomic E-state index is -0.0859. The van der Waals surface area contributed by atoms with Crippen LogP contribution in [0.2, 0.25) is 0 Å². The minimum absolute atomic E-state index is 0.0859. The molecule has 0 bridgehead atoms. The molecule has 1 amide bonds. The molecule has 3 rings (SSSR count). The van der Waals surface area contributed by atoms with Gasteiger partial charge >= 0.3 is 0 Å². The second-order valence-corrected chi connectivity index (χ2v) is 7.19. The summed E-state index contributed by atoms with van der Waals surface area (Å²) in [5, 5.41) is 16.0. The van der Waals surface area contributed by atoms with Gasteiger partial charge in [0.1, 0.15) is 11.6 Å². The highest BCUT2D eigenvalue weighted by Crippen LogP contribution is 2.23. The van der Waals surface area contributed by atoms with E-state index in [1.54, 1.807) is 24.9 Å². The molecule has 11 heteroatoms. The van der Waals surface area contributed by atoms with Crippen molar-refractivity contribution < 1.29 is 14.1 Å². The van der Waals surface area contributed by atoms with Gasteiger partial charge in [-0.3, -0.25) is 4.79 Å². The number of aromatic nitrogens is 5. The highest BCUT2D eigenvalue weighted by atomic mass is 32.2. The van der Waals surface area contributed by atoms with Crippen molar-refractivity contribution in [2.75, 3.05) is 38.4 Å². The third-order valence-corrected chi connectivity index (χ3v) is 4.97. The van der Waals surface area contributed by atoms with Crippen LogP contribution in [0.4, 0.5) is 5.82 Å². The molecule has 0 saturated carbocycles. The average Bonchev–Trinajstić information content (AvgIpc) is 3.26. The number of carbonyl (C=O) groups is 1. The lowest BCUT2D eigenvalue weighted by Gasteiger charge is -2.09. The Kier molecular flexibility index (Phi) is 7.04. The van der Waals surface area contributed by atoms with Crippen LogP contribution in [0.1, 0.15) is 17.0 Å². The van der Waals surface area contributed by atoms with Gasteiger partial charge in [-0.05, 0) is 20.1 Å². The number of rotatable bonds is 10. The molecule has 0 aliphatic rings. The molecule has 0 aromatic carbocycles. The van der Waals surface area contributed by atoms with E-state index in [-0.39, 0.29) is 12.3 Å². The first-order valence-corrected chi connectivity index (χ1v) is 10.4. The Hall–Kier alpha value is -2.66. The maximum Gasteiger partial charge on any atom is 0.224 e. The second kappa shape index (κ2) is 9.70. The van der Waals surface area contributed by atoms with Crippen LogP contribution in [0, 0.1) is 13.8 Å². The normalized spacial score (nSPS) is 11.2. The quantitative estimate of drug-likeness (QED) is 0.286. The molecular formula is C18H25N7O3S. The maximum atomic E-state index is 12.2. The van der Waals surface area contributed by atoms with Crippen molar-refractivity contribution in [1.29, 1.82) is 0 Å². The Morgan fingerprint density at radius 3 is 2.83 bits per heavy atom. The zero-order chi connectivity index (χ0) is 20.8. The van der Waals surface area contributed by atoms with Crippen LogP contribution in [-0.4, -0.2) is 63.9 Å². The van der Waals surface area contributed by atoms with Crippen molar-refractivity contribution in [2.24, 2.45) is 0 Å². The lowest BCUT2D eigenvalue weighted by atomic mass is 10.1. The standard InChI is InChI=1S/C18H25N7O3S/c1-11-13(12(2)28-24-11)9-15(26)19-5-7-25-17-14(10-21-25)16(20-6-8-27-3)22-18(23-17)29-4/h10H,5-9H2,1-4H3,(H,19,26)(H,20,22,23). The summed E-state index contributed by atoms with van der Waals surface area (Å²) in [4.78, 5) is 21.3. The predicted octanol–water partition coefficient (Wildman–Crippen LogP) is 1.57. The number of carbonyl (C=O) groups excluding carboxylic acids is 1. The molecule has 3 aromatic rings. The van der Waals surface area contributed by atoms with Gasteiger partial charge < -0.3 is 19.9 Å². The summed E-state index contributed by atoms with van der Waals surface area (Å²) in [6.45, 7) is 5.78. The van der Waals surface area contributed by atoms with Crippen LogP contribution in [0.15, 0.2) is 15.9 Å². The molecule has 0 radical (unpaired) electrons. The van der Waals surface area contributed by atoms with Crippen LogP contribution in [-0.2, 0) is 22.5 Å². The molecule has 0 spiro atoms. The van der Waals surface area contributed by atoms with E-state index in [1.165, 1.54) is 11.8 Å². The van der Waals surface area contributed by atoms with Gasteiger partial charge in [0.15, 0.2) is 10.8 Å². The number of fused-ring (bicyclic) bond motifs is 1. The smallest absolute Gasteiger partial charge is 0.224 e. The van der Waals surface area contributed by atoms with Gasteiger partial charge in [-0.25, -0.2) is 14.6 Å². The summed E-state index contributed by atoms with van der Waals surface area (Å²) >= 11 is 1.46. The Morgan fingerprint density at radius 1 is 1.31 bits per heavy atom. The summed E-state index contributed by atoms with van der Waals surface area (Å²) in [6, 6.07) is 0. The van der Waals surface area contributed by atoms with Gasteiger partial charge in [-0.15, -0.1) is 0 Å². The van der Waals surface area contributed by atoms with E-state index in [0.29, 0.717) is 37.2 Å². The molecule has 3 aromatic heterocycles. The third kappa shape index (κ3) is 5.04. The van der Waals surface area contributed by atoms with Crippen molar-refractivity contribution in [1.82, 2.24) is 30.2 Å². The average molecular weight is 420 g/mol. The van der Waals surface area contributed by atoms with Crippen LogP contribution < -0.4 is 10.6 Å². The summed E-state index contributed by atoms with van der Waals surface area (Å²) in [6.07, 6.45) is 3.91. The van der Waals surface area contributed by atoms with Gasteiger partial charge in [-0.2, -0.15) is 5.10 Å². The Bertz CT molecular complexity index is 966. The highest BCUT2D eigenvalue weighted by Gasteiger charge is 2.15. The molecule has 156 valence electrons. The SMILES string of the molecule is COCCNc1nc(SC)nc2c1cnn2CCNC(=O)Cc1c(C)noc1C. The Labute approximate surface area is 172 Å². The van der Waals surface area contributed by atoms with Crippen molar-refractivity contribution >= 4 is 34.5 Å². The van der Waals surface area contributed by atoms with E-state index < -0.39 is 0 Å². The number of nitrogens with one attached hydrogen (secondary N) is 2. The van der Waals surface area contributed by atoms with Gasteiger partial charge in [0.05, 0.1) is 36.8 Å². The number of anilines is 1. The molecule has 10 nitrogen and oxygen atoms in total. The van der Waals surface area contributed by atoms with E-state index in [2.05, 4.69) is 30.9 Å². The molecule has 29 heavy (non-hydrogen) atoms. The summed E-state index contributed by atoms with van der Waals surface area (Å²) in [5.41, 5.74) is 2.30. The number of hydrogen-bond acceptors (Lipinski definition) is 9. The van der Waals surface area contributed by atoms with Crippen LogP contribution in [0.3, 0.4) is 0 Å². The fourth-order valence-electron chi connectivity index (χ4n) is 2.88. The summed E-state index contributed by atoms with van der Waals surface area (Å²) in [5.74, 6) is 1.31. The van der Waals surface area contributed by atoms with Crippen LogP contribution >= 0.6 is 11.8 Å². The molecule has 0 unspecified atom stereocenters. The lowest BCUT2D eigenvalue weighted by Crippen LogP contribution is -2.29. The number of thioether (sulfide) groups is 1. The first kappa shape index (κ1) is 21.1. The third-order valence-electron chi connectivity index (χ3n) is 4.42. The number of hydrogen-bond donors (Lipinski definition) is 2. The molecule has 0 saturated heterocycles. The molecule has 0 aliphatic carbocycles. The van der Waals surface area contributed by atoms with Crippen LogP contribution in [0.5, 0.6) is 0 Å². The molecule has 0 atom stereocenters. The number of nitrogens with zero attached hydrogens (tertiary/aromatic N) is 5. The molecule has 0 fully saturated rings. The van der Waals surface area contributed by atoms with E-state index in [0.717, 1.165) is 28.1 Å². The highest BCUT2D eigenvalue weighted by molar-refractivity contribution is 7.98. The first-order chi connectivity index (χ1) is 14.0. The van der Waals surface area contributed by atoms with Crippen molar-refractivity contribution in [2.45, 2.75) is 32.0 Å². The topological polar surface area (TPSA) is 120 Å². The van der Waals surface area contributed by atoms with Gasteiger partial charge in [0.25, 0.3) is 0 Å². The first-order valence-electron chi connectivity index (χ1n) is 9.22. The van der Waals surface area contributed by atoms with E-state index in [4.69, 9.17) is 9.26 Å². The zero-order valence-electron chi connectivity index (χ0n) is 17.0. The molecule has 2 N–H and O–H groups in total. The van der Waals surface area contributed by atoms with Gasteiger partial charge in [0.2, 0.25) is 5.91 Å². The predicted molar refractivity (Wildman–Crippen MR) is 110 cm³/mol. The number of methoxy groups -OCH3 is 1. The minimum Gasteiger partial charge on any atom is -0.383 e. The maximum absolute atomic E-state index is 12.2. The molecular weight excluding hydrogens is 394 g/mol. The number of ether oxygens (including phenoxy) is 1. The van der Waals surface area contributed by atoms with E-state index in [9.17, 15) is 4.79 Å². The van der Waals surface area contributed by atoms with Crippen molar-refractivity contribution in [3.63, 3.8) is 0 Å². The van der Waals surface area contributed by atoms with E-state index in [1.807, 2.05) is 13.2 Å². The summed E-state index contributed by atoms with van der Waals surface area (Å²) in [7, 11) is 1.66. The Morgan fingerprint density at radius 2 is 2.14 bits per heavy atom. The fraction of sp³-hybridized carbons (Fsp3) is 0.500. The Balaban J connectivity index is 1.65. The zero-order valence-corrected chi connectivity index (χ0v) is 17.8. The van der Waals surface area contributed by atoms with Crippen molar-refractivity contribution in [3.05, 3.63) is 23.2 Å². The largest absolute Gasteiger partial charge is 0.383 e. The number of amides is 1. The molecule has 0 aliphatic heterocycles.